The van der Waals surface area contributed by atoms with Gasteiger partial charge in [0.05, 0.1) is 19.1 Å². The standard InChI is InChI=1S/C20H30N2O4.2ClH/c1-4-25-18-11-15(5-6-17(18)24-3)13-22(2)14-16-12-20(19(23)26-16)7-9-21-10-8-20;;/h5-6,11,16,21H,4,7-10,12-14H2,1-3H3;2*1H. The number of halogens is 2. The Morgan fingerprint density at radius 2 is 1.96 bits per heavy atom. The molecule has 0 aliphatic carbocycles. The number of piperidine rings is 1. The van der Waals surface area contributed by atoms with Crippen molar-refractivity contribution in [3.05, 3.63) is 23.8 Å². The molecule has 0 saturated carbocycles. The Kier molecular flexibility index (Phi) is 9.84. The summed E-state index contributed by atoms with van der Waals surface area (Å²) >= 11 is 0. The van der Waals surface area contributed by atoms with E-state index in [9.17, 15) is 4.79 Å². The number of carbonyl (C=O) groups is 1. The van der Waals surface area contributed by atoms with E-state index in [1.54, 1.807) is 7.11 Å². The number of methoxy groups -OCH3 is 1. The van der Waals surface area contributed by atoms with Crippen molar-refractivity contribution in [2.75, 3.05) is 40.4 Å². The first-order valence-electron chi connectivity index (χ1n) is 9.46. The number of benzene rings is 1. The fourth-order valence-corrected chi connectivity index (χ4v) is 4.06. The molecule has 0 aromatic heterocycles. The Hall–Kier alpha value is -1.21. The van der Waals surface area contributed by atoms with Crippen LogP contribution in [-0.4, -0.2) is 57.4 Å². The minimum absolute atomic E-state index is 0. The SMILES string of the molecule is CCOc1cc(CN(C)CC2CC3(CCNCC3)C(=O)O2)ccc1OC.Cl.Cl. The zero-order chi connectivity index (χ0) is 18.6. The highest BCUT2D eigenvalue weighted by molar-refractivity contribution is 5.85. The maximum absolute atomic E-state index is 12.4. The number of ether oxygens (including phenoxy) is 3. The van der Waals surface area contributed by atoms with Crippen LogP contribution in [0.1, 0.15) is 31.7 Å². The van der Waals surface area contributed by atoms with Gasteiger partial charge in [-0.25, -0.2) is 0 Å². The minimum Gasteiger partial charge on any atom is -0.493 e. The molecular weight excluding hydrogens is 403 g/mol. The average molecular weight is 435 g/mol. The second kappa shape index (κ2) is 11.1. The summed E-state index contributed by atoms with van der Waals surface area (Å²) in [4.78, 5) is 14.6. The normalized spacial score (nSPS) is 20.3. The highest BCUT2D eigenvalue weighted by atomic mass is 35.5. The summed E-state index contributed by atoms with van der Waals surface area (Å²) in [5, 5.41) is 3.33. The van der Waals surface area contributed by atoms with Crippen LogP contribution in [0.25, 0.3) is 0 Å². The molecule has 1 atom stereocenters. The van der Waals surface area contributed by atoms with Gasteiger partial charge < -0.3 is 19.5 Å². The average Bonchev–Trinajstić information content (AvgIpc) is 2.90. The molecule has 6 nitrogen and oxygen atoms in total. The molecule has 2 heterocycles. The molecule has 1 aromatic rings. The van der Waals surface area contributed by atoms with Crippen LogP contribution in [0.2, 0.25) is 0 Å². The van der Waals surface area contributed by atoms with Gasteiger partial charge in [0.15, 0.2) is 11.5 Å². The third kappa shape index (κ3) is 5.66. The van der Waals surface area contributed by atoms with Crippen LogP contribution in [0.15, 0.2) is 18.2 Å². The number of cyclic esters (lactones) is 1. The van der Waals surface area contributed by atoms with Crippen LogP contribution in [0.3, 0.4) is 0 Å². The highest BCUT2D eigenvalue weighted by Crippen LogP contribution is 2.41. The van der Waals surface area contributed by atoms with Crippen molar-refractivity contribution < 1.29 is 19.0 Å². The summed E-state index contributed by atoms with van der Waals surface area (Å²) in [6, 6.07) is 6.01. The molecule has 3 rings (SSSR count). The monoisotopic (exact) mass is 434 g/mol. The van der Waals surface area contributed by atoms with Gasteiger partial charge in [-0.05, 0) is 57.6 Å². The van der Waals surface area contributed by atoms with E-state index in [2.05, 4.69) is 17.3 Å². The molecule has 0 radical (unpaired) electrons. The molecule has 1 spiro atoms. The van der Waals surface area contributed by atoms with Crippen molar-refractivity contribution in [3.8, 4) is 11.5 Å². The molecule has 0 bridgehead atoms. The predicted molar refractivity (Wildman–Crippen MR) is 114 cm³/mol. The quantitative estimate of drug-likeness (QED) is 0.665. The van der Waals surface area contributed by atoms with E-state index >= 15 is 0 Å². The fraction of sp³-hybridized carbons (Fsp3) is 0.650. The number of hydrogen-bond donors (Lipinski definition) is 1. The fourth-order valence-electron chi connectivity index (χ4n) is 4.06. The molecule has 2 saturated heterocycles. The lowest BCUT2D eigenvalue weighted by Crippen LogP contribution is -2.39. The smallest absolute Gasteiger partial charge is 0.312 e. The zero-order valence-electron chi connectivity index (χ0n) is 16.9. The molecule has 2 fully saturated rings. The third-order valence-electron chi connectivity index (χ3n) is 5.38. The van der Waals surface area contributed by atoms with E-state index in [0.29, 0.717) is 6.61 Å². The molecule has 0 amide bonds. The van der Waals surface area contributed by atoms with E-state index in [1.807, 2.05) is 25.1 Å². The van der Waals surface area contributed by atoms with Crippen molar-refractivity contribution in [3.63, 3.8) is 0 Å². The Morgan fingerprint density at radius 3 is 2.61 bits per heavy atom. The molecule has 2 aliphatic rings. The van der Waals surface area contributed by atoms with Gasteiger partial charge in [0.25, 0.3) is 0 Å². The lowest BCUT2D eigenvalue weighted by atomic mass is 9.76. The Labute approximate surface area is 180 Å². The topological polar surface area (TPSA) is 60.0 Å². The molecule has 1 aromatic carbocycles. The maximum Gasteiger partial charge on any atom is 0.312 e. The largest absolute Gasteiger partial charge is 0.493 e. The second-order valence-corrected chi connectivity index (χ2v) is 7.38. The van der Waals surface area contributed by atoms with E-state index in [1.165, 1.54) is 0 Å². The van der Waals surface area contributed by atoms with Gasteiger partial charge in [-0.2, -0.15) is 0 Å². The van der Waals surface area contributed by atoms with E-state index < -0.39 is 0 Å². The molecule has 2 aliphatic heterocycles. The first kappa shape index (κ1) is 24.8. The summed E-state index contributed by atoms with van der Waals surface area (Å²) in [5.41, 5.74) is 0.900. The van der Waals surface area contributed by atoms with Crippen molar-refractivity contribution >= 4 is 30.8 Å². The molecule has 28 heavy (non-hydrogen) atoms. The van der Waals surface area contributed by atoms with Gasteiger partial charge in [0.1, 0.15) is 6.10 Å². The summed E-state index contributed by atoms with van der Waals surface area (Å²) in [6.45, 7) is 5.89. The summed E-state index contributed by atoms with van der Waals surface area (Å²) in [5.74, 6) is 1.51. The number of carbonyl (C=O) groups excluding carboxylic acids is 1. The van der Waals surface area contributed by atoms with Crippen molar-refractivity contribution in [2.24, 2.45) is 5.41 Å². The number of hydrogen-bond acceptors (Lipinski definition) is 6. The van der Waals surface area contributed by atoms with Gasteiger partial charge in [-0.3, -0.25) is 9.69 Å². The van der Waals surface area contributed by atoms with Gasteiger partial charge in [0, 0.05) is 19.5 Å². The first-order chi connectivity index (χ1) is 12.6. The minimum atomic E-state index is -0.251. The van der Waals surface area contributed by atoms with Crippen molar-refractivity contribution in [1.82, 2.24) is 10.2 Å². The van der Waals surface area contributed by atoms with Gasteiger partial charge >= 0.3 is 5.97 Å². The van der Waals surface area contributed by atoms with Crippen LogP contribution in [0.4, 0.5) is 0 Å². The maximum atomic E-state index is 12.4. The Balaban J connectivity index is 0.00000196. The molecular formula is C20H32Cl2N2O4. The van der Waals surface area contributed by atoms with Gasteiger partial charge in [0.2, 0.25) is 0 Å². The second-order valence-electron chi connectivity index (χ2n) is 7.38. The molecule has 160 valence electrons. The highest BCUT2D eigenvalue weighted by Gasteiger charge is 2.49. The number of nitrogens with zero attached hydrogens (tertiary/aromatic N) is 1. The van der Waals surface area contributed by atoms with Crippen LogP contribution >= 0.6 is 24.8 Å². The Morgan fingerprint density at radius 1 is 1.25 bits per heavy atom. The first-order valence-corrected chi connectivity index (χ1v) is 9.46. The van der Waals surface area contributed by atoms with Crippen LogP contribution in [0.5, 0.6) is 11.5 Å². The van der Waals surface area contributed by atoms with Gasteiger partial charge in [-0.15, -0.1) is 24.8 Å². The lowest BCUT2D eigenvalue weighted by molar-refractivity contribution is -0.150. The summed E-state index contributed by atoms with van der Waals surface area (Å²) < 4.78 is 16.7. The van der Waals surface area contributed by atoms with Crippen molar-refractivity contribution in [1.29, 1.82) is 0 Å². The molecule has 1 N–H and O–H groups in total. The summed E-state index contributed by atoms with van der Waals surface area (Å²) in [6.07, 6.45) is 2.60. The number of rotatable bonds is 7. The van der Waals surface area contributed by atoms with E-state index in [-0.39, 0.29) is 42.3 Å². The van der Waals surface area contributed by atoms with Crippen LogP contribution < -0.4 is 14.8 Å². The third-order valence-corrected chi connectivity index (χ3v) is 5.38. The van der Waals surface area contributed by atoms with Crippen LogP contribution in [-0.2, 0) is 16.1 Å². The Bertz CT molecular complexity index is 639. The van der Waals surface area contributed by atoms with E-state index in [4.69, 9.17) is 14.2 Å². The van der Waals surface area contributed by atoms with Crippen molar-refractivity contribution in [2.45, 2.75) is 38.8 Å². The lowest BCUT2D eigenvalue weighted by Gasteiger charge is -2.29. The number of nitrogens with one attached hydrogen (secondary N) is 1. The van der Waals surface area contributed by atoms with E-state index in [0.717, 1.165) is 62.5 Å². The van der Waals surface area contributed by atoms with Crippen LogP contribution in [0, 0.1) is 5.41 Å². The molecule has 1 unspecified atom stereocenters. The molecule has 8 heteroatoms. The number of esters is 1. The predicted octanol–water partition coefficient (Wildman–Crippen LogP) is 3.05. The van der Waals surface area contributed by atoms with Gasteiger partial charge in [-0.1, -0.05) is 6.07 Å². The summed E-state index contributed by atoms with van der Waals surface area (Å²) in [7, 11) is 3.71. The number of likely N-dealkylation sites (N-methyl/N-ethyl adjacent to an activating group) is 1. The zero-order valence-corrected chi connectivity index (χ0v) is 18.5.